The van der Waals surface area contributed by atoms with Crippen molar-refractivity contribution in [1.82, 2.24) is 19.8 Å². The molecule has 1 fully saturated rings. The van der Waals surface area contributed by atoms with Crippen molar-refractivity contribution in [1.29, 1.82) is 0 Å². The smallest absolute Gasteiger partial charge is 0.294 e. The topological polar surface area (TPSA) is 103 Å². The van der Waals surface area contributed by atoms with Gasteiger partial charge in [0.25, 0.3) is 5.56 Å². The van der Waals surface area contributed by atoms with E-state index in [1.807, 2.05) is 29.2 Å². The average molecular weight is 375 g/mol. The molecule has 0 saturated heterocycles. The Balaban J connectivity index is 1.65. The van der Waals surface area contributed by atoms with Gasteiger partial charge in [0.1, 0.15) is 11.4 Å². The number of amides is 1. The fraction of sp³-hybridized carbons (Fsp3) is 0.412. The summed E-state index contributed by atoms with van der Waals surface area (Å²) in [6, 6.07) is 7.95. The molecule has 26 heavy (non-hydrogen) atoms. The maximum absolute atomic E-state index is 12.7. The zero-order chi connectivity index (χ0) is 18.7. The highest BCUT2D eigenvalue weighted by Gasteiger charge is 2.32. The summed E-state index contributed by atoms with van der Waals surface area (Å²) in [5, 5.41) is 7.90. The summed E-state index contributed by atoms with van der Waals surface area (Å²) >= 11 is 1.12. The van der Waals surface area contributed by atoms with Gasteiger partial charge in [0, 0.05) is 12.6 Å². The molecule has 0 atom stereocenters. The molecule has 2 N–H and O–H groups in total. The molecule has 138 valence electrons. The normalized spacial score (nSPS) is 13.5. The Labute approximate surface area is 155 Å². The molecule has 1 amide bonds. The van der Waals surface area contributed by atoms with Gasteiger partial charge in [-0.3, -0.25) is 9.59 Å². The molecule has 0 spiro atoms. The van der Waals surface area contributed by atoms with Gasteiger partial charge in [-0.2, -0.15) is 4.68 Å². The SMILES string of the molecule is COc1ccc(CN(C(=O)CSc2nnc(C)c(=O)n2N)C2CC2)cc1. The summed E-state index contributed by atoms with van der Waals surface area (Å²) in [6.07, 6.45) is 2.02. The van der Waals surface area contributed by atoms with Crippen LogP contribution in [-0.4, -0.2) is 44.6 Å². The van der Waals surface area contributed by atoms with Crippen LogP contribution in [0.3, 0.4) is 0 Å². The first-order chi connectivity index (χ1) is 12.5. The number of carbonyl (C=O) groups is 1. The Hall–Kier alpha value is -2.55. The molecular formula is C17H21N5O3S. The van der Waals surface area contributed by atoms with Crippen LogP contribution >= 0.6 is 11.8 Å². The lowest BCUT2D eigenvalue weighted by Gasteiger charge is -2.22. The van der Waals surface area contributed by atoms with E-state index < -0.39 is 5.56 Å². The third-order valence-electron chi connectivity index (χ3n) is 4.16. The van der Waals surface area contributed by atoms with Crippen LogP contribution in [0, 0.1) is 6.92 Å². The Morgan fingerprint density at radius 1 is 1.35 bits per heavy atom. The van der Waals surface area contributed by atoms with Crippen molar-refractivity contribution in [3.63, 3.8) is 0 Å². The molecule has 0 aliphatic heterocycles. The summed E-state index contributed by atoms with van der Waals surface area (Å²) in [7, 11) is 1.62. The highest BCUT2D eigenvalue weighted by molar-refractivity contribution is 7.99. The Morgan fingerprint density at radius 3 is 2.65 bits per heavy atom. The number of benzene rings is 1. The number of hydrogen-bond donors (Lipinski definition) is 1. The van der Waals surface area contributed by atoms with Gasteiger partial charge in [-0.25, -0.2) is 0 Å². The number of nitrogens with two attached hydrogens (primary N) is 1. The van der Waals surface area contributed by atoms with Crippen molar-refractivity contribution < 1.29 is 9.53 Å². The van der Waals surface area contributed by atoms with E-state index >= 15 is 0 Å². The zero-order valence-corrected chi connectivity index (χ0v) is 15.5. The summed E-state index contributed by atoms with van der Waals surface area (Å²) in [5.41, 5.74) is 0.858. The fourth-order valence-corrected chi connectivity index (χ4v) is 3.25. The Kier molecular flexibility index (Phi) is 5.46. The van der Waals surface area contributed by atoms with Gasteiger partial charge in [0.2, 0.25) is 11.1 Å². The lowest BCUT2D eigenvalue weighted by Crippen LogP contribution is -2.35. The quantitative estimate of drug-likeness (QED) is 0.568. The zero-order valence-electron chi connectivity index (χ0n) is 14.7. The van der Waals surface area contributed by atoms with Gasteiger partial charge >= 0.3 is 0 Å². The summed E-state index contributed by atoms with van der Waals surface area (Å²) in [6.45, 7) is 2.09. The van der Waals surface area contributed by atoms with Gasteiger partial charge in [-0.05, 0) is 37.5 Å². The highest BCUT2D eigenvalue weighted by atomic mass is 32.2. The van der Waals surface area contributed by atoms with E-state index in [2.05, 4.69) is 10.2 Å². The number of nitrogens with zero attached hydrogens (tertiary/aromatic N) is 4. The van der Waals surface area contributed by atoms with Gasteiger partial charge in [-0.1, -0.05) is 23.9 Å². The summed E-state index contributed by atoms with van der Waals surface area (Å²) in [5.74, 6) is 6.64. The number of aryl methyl sites for hydroxylation is 1. The molecule has 1 saturated carbocycles. The Morgan fingerprint density at radius 2 is 2.04 bits per heavy atom. The minimum atomic E-state index is -0.410. The molecule has 1 heterocycles. The van der Waals surface area contributed by atoms with Crippen LogP contribution in [-0.2, 0) is 11.3 Å². The van der Waals surface area contributed by atoms with Gasteiger partial charge in [-0.15, -0.1) is 10.2 Å². The van der Waals surface area contributed by atoms with Crippen molar-refractivity contribution in [2.75, 3.05) is 18.7 Å². The van der Waals surface area contributed by atoms with Crippen molar-refractivity contribution >= 4 is 17.7 Å². The first kappa shape index (κ1) is 18.2. The highest BCUT2D eigenvalue weighted by Crippen LogP contribution is 2.29. The number of aromatic nitrogens is 3. The minimum Gasteiger partial charge on any atom is -0.497 e. The van der Waals surface area contributed by atoms with Crippen LogP contribution in [0.1, 0.15) is 24.1 Å². The van der Waals surface area contributed by atoms with E-state index in [1.165, 1.54) is 0 Å². The largest absolute Gasteiger partial charge is 0.497 e. The first-order valence-electron chi connectivity index (χ1n) is 8.26. The average Bonchev–Trinajstić information content (AvgIpc) is 3.49. The monoisotopic (exact) mass is 375 g/mol. The molecule has 0 unspecified atom stereocenters. The lowest BCUT2D eigenvalue weighted by molar-refractivity contribution is -0.129. The maximum atomic E-state index is 12.7. The molecule has 0 radical (unpaired) electrons. The molecular weight excluding hydrogens is 354 g/mol. The standard InChI is InChI=1S/C17H21N5O3S/c1-11-16(24)22(18)17(20-19-11)26-10-15(23)21(13-5-6-13)9-12-3-7-14(25-2)8-4-12/h3-4,7-8,13H,5-6,9-10,18H2,1-2H3. The fourth-order valence-electron chi connectivity index (χ4n) is 2.51. The summed E-state index contributed by atoms with van der Waals surface area (Å²) < 4.78 is 6.10. The van der Waals surface area contributed by atoms with Crippen LogP contribution in [0.2, 0.25) is 0 Å². The van der Waals surface area contributed by atoms with Crippen LogP contribution < -0.4 is 16.1 Å². The molecule has 8 nitrogen and oxygen atoms in total. The van der Waals surface area contributed by atoms with E-state index in [-0.39, 0.29) is 28.6 Å². The van der Waals surface area contributed by atoms with Crippen LogP contribution in [0.5, 0.6) is 5.75 Å². The molecule has 0 bridgehead atoms. The second-order valence-corrected chi connectivity index (χ2v) is 7.08. The molecule has 3 rings (SSSR count). The van der Waals surface area contributed by atoms with E-state index in [9.17, 15) is 9.59 Å². The van der Waals surface area contributed by atoms with E-state index in [0.29, 0.717) is 6.54 Å². The second kappa shape index (κ2) is 7.77. The first-order valence-corrected chi connectivity index (χ1v) is 9.24. The van der Waals surface area contributed by atoms with Gasteiger partial charge in [0.15, 0.2) is 0 Å². The number of thioether (sulfide) groups is 1. The molecule has 1 aliphatic carbocycles. The lowest BCUT2D eigenvalue weighted by atomic mass is 10.2. The molecule has 1 aliphatic rings. The van der Waals surface area contributed by atoms with Crippen molar-refractivity contribution in [3.05, 3.63) is 45.9 Å². The van der Waals surface area contributed by atoms with Crippen molar-refractivity contribution in [3.8, 4) is 5.75 Å². The second-order valence-electron chi connectivity index (χ2n) is 6.13. The van der Waals surface area contributed by atoms with E-state index in [1.54, 1.807) is 14.0 Å². The molecule has 9 heteroatoms. The molecule has 1 aromatic carbocycles. The predicted molar refractivity (Wildman–Crippen MR) is 98.5 cm³/mol. The minimum absolute atomic E-state index is 0.0110. The van der Waals surface area contributed by atoms with Crippen molar-refractivity contribution in [2.45, 2.75) is 37.5 Å². The number of ether oxygens (including phenoxy) is 1. The van der Waals surface area contributed by atoms with E-state index in [0.717, 1.165) is 40.6 Å². The third kappa shape index (κ3) is 4.16. The molecule has 1 aromatic heterocycles. The van der Waals surface area contributed by atoms with Crippen LogP contribution in [0.15, 0.2) is 34.2 Å². The van der Waals surface area contributed by atoms with Crippen LogP contribution in [0.25, 0.3) is 0 Å². The molecule has 2 aromatic rings. The maximum Gasteiger partial charge on any atom is 0.294 e. The predicted octanol–water partition coefficient (Wildman–Crippen LogP) is 0.952. The number of methoxy groups -OCH3 is 1. The van der Waals surface area contributed by atoms with Gasteiger partial charge in [0.05, 0.1) is 12.9 Å². The van der Waals surface area contributed by atoms with Crippen molar-refractivity contribution in [2.24, 2.45) is 0 Å². The number of carbonyl (C=O) groups excluding carboxylic acids is 1. The number of nitrogen functional groups attached to an aromatic ring is 1. The Bertz CT molecular complexity index is 848. The summed E-state index contributed by atoms with van der Waals surface area (Å²) in [4.78, 5) is 26.4. The number of hydrogen-bond acceptors (Lipinski definition) is 7. The third-order valence-corrected chi connectivity index (χ3v) is 5.09. The van der Waals surface area contributed by atoms with E-state index in [4.69, 9.17) is 10.6 Å². The van der Waals surface area contributed by atoms with Gasteiger partial charge < -0.3 is 15.5 Å². The number of rotatable bonds is 7. The van der Waals surface area contributed by atoms with Crippen LogP contribution in [0.4, 0.5) is 0 Å².